The number of nitrogens with zero attached hydrogens (tertiary/aromatic N) is 1. The molecular weight excluding hydrogens is 312 g/mol. The highest BCUT2D eigenvalue weighted by atomic mass is 32.1. The zero-order valence-electron chi connectivity index (χ0n) is 13.1. The molecule has 118 valence electrons. The number of rotatable bonds is 4. The SMILES string of the molecule is CCOC(=O)c1c(NC(=O)c2ccc(C#N)cc2)sc(C)c1C. The van der Waals surface area contributed by atoms with Gasteiger partial charge in [0.15, 0.2) is 0 Å². The molecule has 23 heavy (non-hydrogen) atoms. The van der Waals surface area contributed by atoms with Gasteiger partial charge in [0.05, 0.1) is 23.8 Å². The number of nitrogens with one attached hydrogen (secondary N) is 1. The number of thiophene rings is 1. The fraction of sp³-hybridized carbons (Fsp3) is 0.235. The lowest BCUT2D eigenvalue weighted by Crippen LogP contribution is -2.14. The normalized spacial score (nSPS) is 10.0. The van der Waals surface area contributed by atoms with Crippen LogP contribution in [0.2, 0.25) is 0 Å². The Hall–Kier alpha value is -2.65. The van der Waals surface area contributed by atoms with Crippen molar-refractivity contribution in [2.75, 3.05) is 11.9 Å². The maximum atomic E-state index is 12.3. The van der Waals surface area contributed by atoms with Crippen LogP contribution in [-0.4, -0.2) is 18.5 Å². The summed E-state index contributed by atoms with van der Waals surface area (Å²) in [5, 5.41) is 12.0. The molecule has 2 rings (SSSR count). The van der Waals surface area contributed by atoms with Gasteiger partial charge in [0.1, 0.15) is 5.00 Å². The average Bonchev–Trinajstić information content (AvgIpc) is 2.82. The van der Waals surface area contributed by atoms with E-state index in [9.17, 15) is 9.59 Å². The summed E-state index contributed by atoms with van der Waals surface area (Å²) in [6.45, 7) is 5.73. The topological polar surface area (TPSA) is 79.2 Å². The molecule has 0 radical (unpaired) electrons. The summed E-state index contributed by atoms with van der Waals surface area (Å²) >= 11 is 1.34. The Balaban J connectivity index is 2.28. The Morgan fingerprint density at radius 1 is 1.26 bits per heavy atom. The van der Waals surface area contributed by atoms with Crippen molar-refractivity contribution in [3.63, 3.8) is 0 Å². The number of hydrogen-bond donors (Lipinski definition) is 1. The maximum absolute atomic E-state index is 12.3. The summed E-state index contributed by atoms with van der Waals surface area (Å²) in [4.78, 5) is 25.4. The van der Waals surface area contributed by atoms with Crippen molar-refractivity contribution >= 4 is 28.2 Å². The highest BCUT2D eigenvalue weighted by molar-refractivity contribution is 7.16. The largest absolute Gasteiger partial charge is 0.462 e. The first-order valence-corrected chi connectivity index (χ1v) is 7.88. The van der Waals surface area contributed by atoms with Gasteiger partial charge in [0.2, 0.25) is 0 Å². The van der Waals surface area contributed by atoms with Gasteiger partial charge < -0.3 is 10.1 Å². The lowest BCUT2D eigenvalue weighted by atomic mass is 10.1. The third kappa shape index (κ3) is 3.58. The zero-order valence-corrected chi connectivity index (χ0v) is 13.9. The summed E-state index contributed by atoms with van der Waals surface area (Å²) in [5.74, 6) is -0.772. The van der Waals surface area contributed by atoms with E-state index in [1.54, 1.807) is 31.2 Å². The molecule has 0 aliphatic carbocycles. The fourth-order valence-corrected chi connectivity index (χ4v) is 3.08. The molecule has 1 N–H and O–H groups in total. The Morgan fingerprint density at radius 2 is 1.91 bits per heavy atom. The van der Waals surface area contributed by atoms with Gasteiger partial charge in [-0.15, -0.1) is 11.3 Å². The lowest BCUT2D eigenvalue weighted by Gasteiger charge is -2.07. The minimum atomic E-state index is -0.440. The molecule has 0 atom stereocenters. The van der Waals surface area contributed by atoms with E-state index in [-0.39, 0.29) is 12.5 Å². The van der Waals surface area contributed by atoms with Gasteiger partial charge in [-0.25, -0.2) is 4.79 Å². The van der Waals surface area contributed by atoms with Crippen molar-refractivity contribution in [3.8, 4) is 6.07 Å². The molecule has 1 heterocycles. The van der Waals surface area contributed by atoms with E-state index in [4.69, 9.17) is 10.00 Å². The average molecular weight is 328 g/mol. The summed E-state index contributed by atoms with van der Waals surface area (Å²) in [6, 6.07) is 8.30. The molecule has 0 saturated heterocycles. The molecule has 0 saturated carbocycles. The number of ether oxygens (including phenoxy) is 1. The molecule has 0 unspecified atom stereocenters. The van der Waals surface area contributed by atoms with Crippen molar-refractivity contribution in [2.45, 2.75) is 20.8 Å². The number of amides is 1. The van der Waals surface area contributed by atoms with Crippen LogP contribution in [0.15, 0.2) is 24.3 Å². The third-order valence-corrected chi connectivity index (χ3v) is 4.49. The van der Waals surface area contributed by atoms with E-state index in [0.29, 0.717) is 21.7 Å². The number of hydrogen-bond acceptors (Lipinski definition) is 5. The minimum absolute atomic E-state index is 0.274. The number of carbonyl (C=O) groups excluding carboxylic acids is 2. The van der Waals surface area contributed by atoms with Crippen LogP contribution in [0.3, 0.4) is 0 Å². The van der Waals surface area contributed by atoms with E-state index < -0.39 is 5.97 Å². The predicted octanol–water partition coefficient (Wildman–Crippen LogP) is 3.67. The molecule has 1 aromatic carbocycles. The van der Waals surface area contributed by atoms with Gasteiger partial charge in [-0.1, -0.05) is 0 Å². The van der Waals surface area contributed by atoms with Crippen LogP contribution in [0, 0.1) is 25.2 Å². The van der Waals surface area contributed by atoms with E-state index >= 15 is 0 Å². The number of benzene rings is 1. The monoisotopic (exact) mass is 328 g/mol. The van der Waals surface area contributed by atoms with Crippen LogP contribution in [0.4, 0.5) is 5.00 Å². The first kappa shape index (κ1) is 16.7. The van der Waals surface area contributed by atoms with E-state index in [0.717, 1.165) is 10.4 Å². The number of aryl methyl sites for hydroxylation is 1. The second kappa shape index (κ2) is 7.07. The van der Waals surface area contributed by atoms with Crippen molar-refractivity contribution in [2.24, 2.45) is 0 Å². The van der Waals surface area contributed by atoms with Crippen molar-refractivity contribution < 1.29 is 14.3 Å². The Labute approximate surface area is 138 Å². The molecule has 6 heteroatoms. The van der Waals surface area contributed by atoms with E-state index in [1.165, 1.54) is 11.3 Å². The first-order valence-electron chi connectivity index (χ1n) is 7.06. The van der Waals surface area contributed by atoms with E-state index in [2.05, 4.69) is 5.32 Å². The number of carbonyl (C=O) groups is 2. The molecule has 0 bridgehead atoms. The summed E-state index contributed by atoms with van der Waals surface area (Å²) in [6.07, 6.45) is 0. The highest BCUT2D eigenvalue weighted by Gasteiger charge is 2.22. The standard InChI is InChI=1S/C17H16N2O3S/c1-4-22-17(21)14-10(2)11(3)23-16(14)19-15(20)13-7-5-12(9-18)6-8-13/h5-8H,4H2,1-3H3,(H,19,20). The molecule has 0 aliphatic heterocycles. The number of nitriles is 1. The molecule has 0 spiro atoms. The maximum Gasteiger partial charge on any atom is 0.341 e. The molecule has 1 amide bonds. The van der Waals surface area contributed by atoms with Gasteiger partial charge in [0, 0.05) is 10.4 Å². The van der Waals surface area contributed by atoms with Gasteiger partial charge in [-0.05, 0) is 50.6 Å². The molecule has 0 fully saturated rings. The minimum Gasteiger partial charge on any atom is -0.462 e. The Kier molecular flexibility index (Phi) is 5.14. The highest BCUT2D eigenvalue weighted by Crippen LogP contribution is 2.33. The summed E-state index contributed by atoms with van der Waals surface area (Å²) in [7, 11) is 0. The first-order chi connectivity index (χ1) is 11.0. The fourth-order valence-electron chi connectivity index (χ4n) is 2.04. The number of anilines is 1. The van der Waals surface area contributed by atoms with Gasteiger partial charge in [0.25, 0.3) is 5.91 Å². The van der Waals surface area contributed by atoms with Crippen LogP contribution < -0.4 is 5.32 Å². The second-order valence-electron chi connectivity index (χ2n) is 4.85. The number of esters is 1. The van der Waals surface area contributed by atoms with Crippen LogP contribution in [0.5, 0.6) is 0 Å². The Morgan fingerprint density at radius 3 is 2.48 bits per heavy atom. The molecule has 5 nitrogen and oxygen atoms in total. The van der Waals surface area contributed by atoms with Crippen LogP contribution in [-0.2, 0) is 4.74 Å². The van der Waals surface area contributed by atoms with E-state index in [1.807, 2.05) is 19.9 Å². The predicted molar refractivity (Wildman–Crippen MR) is 88.9 cm³/mol. The summed E-state index contributed by atoms with van der Waals surface area (Å²) < 4.78 is 5.06. The van der Waals surface area contributed by atoms with Crippen molar-refractivity contribution in [1.29, 1.82) is 5.26 Å². The Bertz CT molecular complexity index is 785. The quantitative estimate of drug-likeness (QED) is 0.869. The smallest absolute Gasteiger partial charge is 0.341 e. The molecule has 0 aliphatic rings. The summed E-state index contributed by atoms with van der Waals surface area (Å²) in [5.41, 5.74) is 2.11. The lowest BCUT2D eigenvalue weighted by molar-refractivity contribution is 0.0527. The molecule has 1 aromatic heterocycles. The van der Waals surface area contributed by atoms with Crippen LogP contribution in [0.1, 0.15) is 43.6 Å². The van der Waals surface area contributed by atoms with Gasteiger partial charge >= 0.3 is 5.97 Å². The molecule has 2 aromatic rings. The second-order valence-corrected chi connectivity index (χ2v) is 6.08. The van der Waals surface area contributed by atoms with Crippen LogP contribution in [0.25, 0.3) is 0 Å². The van der Waals surface area contributed by atoms with Gasteiger partial charge in [-0.3, -0.25) is 4.79 Å². The zero-order chi connectivity index (χ0) is 17.0. The van der Waals surface area contributed by atoms with Crippen LogP contribution >= 0.6 is 11.3 Å². The van der Waals surface area contributed by atoms with Crippen molar-refractivity contribution in [1.82, 2.24) is 0 Å². The molecular formula is C17H16N2O3S. The van der Waals surface area contributed by atoms with Gasteiger partial charge in [-0.2, -0.15) is 5.26 Å². The third-order valence-electron chi connectivity index (χ3n) is 3.37. The van der Waals surface area contributed by atoms with Crippen molar-refractivity contribution in [3.05, 3.63) is 51.4 Å².